The number of nitrogens with one attached hydrogen (secondary N) is 1. The molecule has 1 amide bonds. The van der Waals surface area contributed by atoms with Gasteiger partial charge in [0.2, 0.25) is 5.91 Å². The van der Waals surface area contributed by atoms with Gasteiger partial charge in [-0.05, 0) is 13.0 Å². The minimum Gasteiger partial charge on any atom is -0.493 e. The highest BCUT2D eigenvalue weighted by molar-refractivity contribution is 5.78. The van der Waals surface area contributed by atoms with E-state index in [1.165, 1.54) is 0 Å². The summed E-state index contributed by atoms with van der Waals surface area (Å²) in [5.74, 6) is 0.563. The van der Waals surface area contributed by atoms with E-state index in [4.69, 9.17) is 15.2 Å². The zero-order valence-corrected chi connectivity index (χ0v) is 11.2. The summed E-state index contributed by atoms with van der Waals surface area (Å²) in [5, 5.41) is 12.2. The Morgan fingerprint density at radius 2 is 2.26 bits per heavy atom. The number of primary amides is 1. The molecule has 0 bridgehead atoms. The van der Waals surface area contributed by atoms with Gasteiger partial charge in [0.1, 0.15) is 6.10 Å². The van der Waals surface area contributed by atoms with Gasteiger partial charge in [0.15, 0.2) is 11.5 Å². The lowest BCUT2D eigenvalue weighted by molar-refractivity contribution is -0.125. The van der Waals surface area contributed by atoms with E-state index >= 15 is 0 Å². The van der Waals surface area contributed by atoms with Crippen molar-refractivity contribution in [3.8, 4) is 11.5 Å². The zero-order chi connectivity index (χ0) is 14.3. The van der Waals surface area contributed by atoms with Crippen LogP contribution in [-0.4, -0.2) is 37.4 Å². The van der Waals surface area contributed by atoms with E-state index in [1.54, 1.807) is 7.11 Å². The summed E-state index contributed by atoms with van der Waals surface area (Å²) in [6, 6.07) is 5.56. The van der Waals surface area contributed by atoms with E-state index in [-0.39, 0.29) is 6.54 Å². The molecule has 0 radical (unpaired) electrons. The number of nitrogens with two attached hydrogens (primary N) is 1. The van der Waals surface area contributed by atoms with Crippen LogP contribution in [0.25, 0.3) is 0 Å². The first-order chi connectivity index (χ1) is 9.10. The molecule has 0 saturated carbocycles. The molecule has 0 aliphatic rings. The minimum atomic E-state index is -1.19. The molecule has 6 nitrogen and oxygen atoms in total. The van der Waals surface area contributed by atoms with Crippen LogP contribution in [0.3, 0.4) is 0 Å². The topological polar surface area (TPSA) is 93.8 Å². The third-order valence-electron chi connectivity index (χ3n) is 2.55. The SMILES string of the molecule is CCOc1cccc(CNCC(O)C(N)=O)c1OC. The largest absolute Gasteiger partial charge is 0.493 e. The fourth-order valence-electron chi connectivity index (χ4n) is 1.65. The van der Waals surface area contributed by atoms with Crippen LogP contribution in [0.15, 0.2) is 18.2 Å². The highest BCUT2D eigenvalue weighted by Gasteiger charge is 2.12. The molecule has 0 heterocycles. The van der Waals surface area contributed by atoms with Crippen LogP contribution in [0.1, 0.15) is 12.5 Å². The predicted molar refractivity (Wildman–Crippen MR) is 71.1 cm³/mol. The van der Waals surface area contributed by atoms with Crippen molar-refractivity contribution in [2.24, 2.45) is 5.73 Å². The lowest BCUT2D eigenvalue weighted by Crippen LogP contribution is -2.37. The Morgan fingerprint density at radius 1 is 1.53 bits per heavy atom. The number of benzene rings is 1. The van der Waals surface area contributed by atoms with Crippen molar-refractivity contribution in [1.82, 2.24) is 5.32 Å². The number of aliphatic hydroxyl groups is 1. The molecule has 6 heteroatoms. The molecule has 1 rings (SSSR count). The van der Waals surface area contributed by atoms with E-state index in [0.29, 0.717) is 24.7 Å². The first-order valence-corrected chi connectivity index (χ1v) is 6.06. The fraction of sp³-hybridized carbons (Fsp3) is 0.462. The fourth-order valence-corrected chi connectivity index (χ4v) is 1.65. The number of ether oxygens (including phenoxy) is 2. The first-order valence-electron chi connectivity index (χ1n) is 6.06. The van der Waals surface area contributed by atoms with Crippen LogP contribution < -0.4 is 20.5 Å². The number of para-hydroxylation sites is 1. The minimum absolute atomic E-state index is 0.0946. The maximum Gasteiger partial charge on any atom is 0.247 e. The summed E-state index contributed by atoms with van der Waals surface area (Å²) >= 11 is 0. The van der Waals surface area contributed by atoms with E-state index in [2.05, 4.69) is 5.32 Å². The highest BCUT2D eigenvalue weighted by Crippen LogP contribution is 2.30. The van der Waals surface area contributed by atoms with Crippen molar-refractivity contribution in [3.05, 3.63) is 23.8 Å². The van der Waals surface area contributed by atoms with Crippen molar-refractivity contribution in [2.75, 3.05) is 20.3 Å². The summed E-state index contributed by atoms with van der Waals surface area (Å²) in [4.78, 5) is 10.7. The van der Waals surface area contributed by atoms with Gasteiger partial charge in [0.25, 0.3) is 0 Å². The Hall–Kier alpha value is -1.79. The van der Waals surface area contributed by atoms with Gasteiger partial charge in [-0.25, -0.2) is 0 Å². The zero-order valence-electron chi connectivity index (χ0n) is 11.2. The Balaban J connectivity index is 2.67. The number of hydrogen-bond acceptors (Lipinski definition) is 5. The Labute approximate surface area is 112 Å². The third kappa shape index (κ3) is 4.42. The molecule has 1 unspecified atom stereocenters. The second-order valence-corrected chi connectivity index (χ2v) is 3.93. The summed E-state index contributed by atoms with van der Waals surface area (Å²) in [6.07, 6.45) is -1.19. The van der Waals surface area contributed by atoms with Crippen molar-refractivity contribution >= 4 is 5.91 Å². The molecular weight excluding hydrogens is 248 g/mol. The molecule has 4 N–H and O–H groups in total. The van der Waals surface area contributed by atoms with Gasteiger partial charge in [-0.15, -0.1) is 0 Å². The van der Waals surface area contributed by atoms with Gasteiger partial charge in [-0.2, -0.15) is 0 Å². The van der Waals surface area contributed by atoms with E-state index in [9.17, 15) is 9.90 Å². The molecule has 0 saturated heterocycles. The number of carbonyl (C=O) groups is 1. The summed E-state index contributed by atoms with van der Waals surface area (Å²) in [5.41, 5.74) is 5.84. The molecule has 106 valence electrons. The maximum absolute atomic E-state index is 10.7. The first kappa shape index (κ1) is 15.3. The van der Waals surface area contributed by atoms with Crippen LogP contribution in [0.2, 0.25) is 0 Å². The molecule has 1 aromatic rings. The highest BCUT2D eigenvalue weighted by atomic mass is 16.5. The Bertz CT molecular complexity index is 423. The molecule has 1 atom stereocenters. The smallest absolute Gasteiger partial charge is 0.247 e. The van der Waals surface area contributed by atoms with Crippen LogP contribution >= 0.6 is 0 Å². The van der Waals surface area contributed by atoms with Gasteiger partial charge >= 0.3 is 0 Å². The maximum atomic E-state index is 10.7. The van der Waals surface area contributed by atoms with Gasteiger partial charge in [0.05, 0.1) is 13.7 Å². The van der Waals surface area contributed by atoms with Gasteiger partial charge < -0.3 is 25.6 Å². The molecule has 0 fully saturated rings. The number of hydrogen-bond donors (Lipinski definition) is 3. The number of amides is 1. The van der Waals surface area contributed by atoms with Crippen LogP contribution in [0.4, 0.5) is 0 Å². The molecule has 0 aliphatic heterocycles. The molecule has 0 aliphatic carbocycles. The van der Waals surface area contributed by atoms with E-state index in [0.717, 1.165) is 5.56 Å². The molecule has 19 heavy (non-hydrogen) atoms. The van der Waals surface area contributed by atoms with Crippen LogP contribution in [-0.2, 0) is 11.3 Å². The number of carbonyl (C=O) groups excluding carboxylic acids is 1. The van der Waals surface area contributed by atoms with Gasteiger partial charge in [-0.3, -0.25) is 4.79 Å². The molecule has 0 aromatic heterocycles. The second kappa shape index (κ2) is 7.60. The van der Waals surface area contributed by atoms with Crippen molar-refractivity contribution in [1.29, 1.82) is 0 Å². The Kier molecular flexibility index (Phi) is 6.11. The third-order valence-corrected chi connectivity index (χ3v) is 2.55. The standard InChI is InChI=1S/C13H20N2O4/c1-3-19-11-6-4-5-9(12(11)18-2)7-15-8-10(16)13(14)17/h4-6,10,15-16H,3,7-8H2,1-2H3,(H2,14,17). The van der Waals surface area contributed by atoms with E-state index in [1.807, 2.05) is 25.1 Å². The van der Waals surface area contributed by atoms with Gasteiger partial charge in [-0.1, -0.05) is 12.1 Å². The van der Waals surface area contributed by atoms with Crippen LogP contribution in [0, 0.1) is 0 Å². The Morgan fingerprint density at radius 3 is 2.84 bits per heavy atom. The number of aliphatic hydroxyl groups excluding tert-OH is 1. The molecule has 0 spiro atoms. The van der Waals surface area contributed by atoms with Crippen molar-refractivity contribution in [2.45, 2.75) is 19.6 Å². The lowest BCUT2D eigenvalue weighted by Gasteiger charge is -2.14. The lowest BCUT2D eigenvalue weighted by atomic mass is 10.2. The average molecular weight is 268 g/mol. The van der Waals surface area contributed by atoms with Crippen molar-refractivity contribution in [3.63, 3.8) is 0 Å². The monoisotopic (exact) mass is 268 g/mol. The van der Waals surface area contributed by atoms with E-state index < -0.39 is 12.0 Å². The summed E-state index contributed by atoms with van der Waals surface area (Å²) in [6.45, 7) is 2.98. The normalized spacial score (nSPS) is 11.9. The predicted octanol–water partition coefficient (Wildman–Crippen LogP) is 0.0297. The van der Waals surface area contributed by atoms with Crippen LogP contribution in [0.5, 0.6) is 11.5 Å². The number of rotatable bonds is 8. The van der Waals surface area contributed by atoms with Gasteiger partial charge in [0, 0.05) is 18.7 Å². The average Bonchev–Trinajstić information content (AvgIpc) is 2.39. The summed E-state index contributed by atoms with van der Waals surface area (Å²) < 4.78 is 10.8. The number of methoxy groups -OCH3 is 1. The molecular formula is C13H20N2O4. The molecule has 1 aromatic carbocycles. The summed E-state index contributed by atoms with van der Waals surface area (Å²) in [7, 11) is 1.57. The second-order valence-electron chi connectivity index (χ2n) is 3.93. The van der Waals surface area contributed by atoms with Crippen molar-refractivity contribution < 1.29 is 19.4 Å². The quantitative estimate of drug-likeness (QED) is 0.618.